The highest BCUT2D eigenvalue weighted by Gasteiger charge is 2.31. The number of benzene rings is 1. The molecular formula is C21H28N4O4. The molecule has 0 spiro atoms. The van der Waals surface area contributed by atoms with Gasteiger partial charge in [0.05, 0.1) is 18.8 Å². The van der Waals surface area contributed by atoms with Crippen molar-refractivity contribution in [2.75, 3.05) is 31.6 Å². The third kappa shape index (κ3) is 5.73. The first-order chi connectivity index (χ1) is 14.1. The lowest BCUT2D eigenvalue weighted by Gasteiger charge is -2.34. The van der Waals surface area contributed by atoms with Gasteiger partial charge in [0.15, 0.2) is 6.10 Å². The van der Waals surface area contributed by atoms with Gasteiger partial charge in [-0.2, -0.15) is 0 Å². The summed E-state index contributed by atoms with van der Waals surface area (Å²) >= 11 is 0. The van der Waals surface area contributed by atoms with Gasteiger partial charge in [-0.1, -0.05) is 23.8 Å². The Bertz CT molecular complexity index is 793. The van der Waals surface area contributed by atoms with Crippen LogP contribution in [-0.2, 0) is 9.59 Å². The minimum Gasteiger partial charge on any atom is -0.477 e. The van der Waals surface area contributed by atoms with Crippen molar-refractivity contribution in [1.29, 1.82) is 0 Å². The quantitative estimate of drug-likeness (QED) is 0.632. The molecule has 0 saturated heterocycles. The molecule has 3 rings (SSSR count). The first kappa shape index (κ1) is 20.7. The Morgan fingerprint density at radius 1 is 1.21 bits per heavy atom. The summed E-state index contributed by atoms with van der Waals surface area (Å²) in [4.78, 5) is 38.2. The number of carbonyl (C=O) groups excluding carboxylic acids is 3. The van der Waals surface area contributed by atoms with Crippen LogP contribution >= 0.6 is 0 Å². The standard InChI is InChI=1S/C21H28N4O4/c1-22-20(27)18-13-25(16-9-5-6-10-17(16)29-18)14-19(26)24-21(28)23-12-11-15-7-3-2-4-8-15/h5-7,9-10,18H,2-4,8,11-14H2,1H3,(H,22,27)(H2,23,24,26,28)/t18-/m0/s1. The maximum absolute atomic E-state index is 12.4. The first-order valence-electron chi connectivity index (χ1n) is 10.0. The number of nitrogens with one attached hydrogen (secondary N) is 3. The molecule has 0 bridgehead atoms. The largest absolute Gasteiger partial charge is 0.477 e. The summed E-state index contributed by atoms with van der Waals surface area (Å²) in [7, 11) is 1.54. The molecule has 3 N–H and O–H groups in total. The zero-order valence-corrected chi connectivity index (χ0v) is 16.7. The third-order valence-corrected chi connectivity index (χ3v) is 5.10. The molecule has 2 aliphatic rings. The van der Waals surface area contributed by atoms with E-state index < -0.39 is 18.0 Å². The zero-order chi connectivity index (χ0) is 20.6. The molecule has 8 nitrogen and oxygen atoms in total. The molecule has 0 fully saturated rings. The molecule has 1 aliphatic heterocycles. The van der Waals surface area contributed by atoms with Gasteiger partial charge in [0, 0.05) is 13.6 Å². The Hall–Kier alpha value is -3.03. The van der Waals surface area contributed by atoms with E-state index >= 15 is 0 Å². The van der Waals surface area contributed by atoms with Crippen LogP contribution in [0.2, 0.25) is 0 Å². The van der Waals surface area contributed by atoms with Crippen LogP contribution in [0.1, 0.15) is 32.1 Å². The molecule has 1 heterocycles. The number of hydrogen-bond donors (Lipinski definition) is 3. The highest BCUT2D eigenvalue weighted by atomic mass is 16.5. The van der Waals surface area contributed by atoms with Gasteiger partial charge in [-0.3, -0.25) is 14.9 Å². The predicted molar refractivity (Wildman–Crippen MR) is 110 cm³/mol. The van der Waals surface area contributed by atoms with Crippen molar-refractivity contribution in [1.82, 2.24) is 16.0 Å². The molecule has 0 unspecified atom stereocenters. The Morgan fingerprint density at radius 2 is 2.03 bits per heavy atom. The van der Waals surface area contributed by atoms with Crippen molar-refractivity contribution in [3.05, 3.63) is 35.9 Å². The number of allylic oxidation sites excluding steroid dienone is 1. The van der Waals surface area contributed by atoms with E-state index in [1.54, 1.807) is 17.0 Å². The Kier molecular flexibility index (Phi) is 7.10. The lowest BCUT2D eigenvalue weighted by Crippen LogP contribution is -2.51. The fourth-order valence-corrected chi connectivity index (χ4v) is 3.61. The Balaban J connectivity index is 1.51. The van der Waals surface area contributed by atoms with Gasteiger partial charge in [0.2, 0.25) is 5.91 Å². The topological polar surface area (TPSA) is 99.8 Å². The van der Waals surface area contributed by atoms with Crippen LogP contribution < -0.4 is 25.6 Å². The van der Waals surface area contributed by atoms with E-state index in [0.29, 0.717) is 18.0 Å². The molecule has 1 aromatic carbocycles. The van der Waals surface area contributed by atoms with E-state index in [4.69, 9.17) is 4.74 Å². The minimum atomic E-state index is -0.722. The van der Waals surface area contributed by atoms with Gasteiger partial charge in [0.1, 0.15) is 5.75 Å². The average Bonchev–Trinajstić information content (AvgIpc) is 2.73. The van der Waals surface area contributed by atoms with Crippen LogP contribution in [0.5, 0.6) is 5.75 Å². The second-order valence-corrected chi connectivity index (χ2v) is 7.23. The second kappa shape index (κ2) is 9.95. The molecule has 0 radical (unpaired) electrons. The average molecular weight is 400 g/mol. The van der Waals surface area contributed by atoms with Crippen molar-refractivity contribution < 1.29 is 19.1 Å². The number of likely N-dealkylation sites (N-methyl/N-ethyl adjacent to an activating group) is 1. The molecule has 8 heteroatoms. The number of imide groups is 1. The number of para-hydroxylation sites is 2. The fraction of sp³-hybridized carbons (Fsp3) is 0.476. The van der Waals surface area contributed by atoms with Crippen LogP contribution in [-0.4, -0.2) is 50.6 Å². The molecular weight excluding hydrogens is 372 g/mol. The summed E-state index contributed by atoms with van der Waals surface area (Å²) in [6.45, 7) is 0.677. The summed E-state index contributed by atoms with van der Waals surface area (Å²) in [5.74, 6) is -0.170. The van der Waals surface area contributed by atoms with Crippen LogP contribution in [0.3, 0.4) is 0 Å². The molecule has 1 aromatic rings. The Labute approximate surface area is 170 Å². The zero-order valence-electron chi connectivity index (χ0n) is 16.7. The fourth-order valence-electron chi connectivity index (χ4n) is 3.61. The summed E-state index contributed by atoms with van der Waals surface area (Å²) in [6.07, 6.45) is 6.97. The van der Waals surface area contributed by atoms with Gasteiger partial charge in [-0.15, -0.1) is 0 Å². The molecule has 0 aromatic heterocycles. The molecule has 1 aliphatic carbocycles. The van der Waals surface area contributed by atoms with Crippen molar-refractivity contribution in [2.45, 2.75) is 38.2 Å². The lowest BCUT2D eigenvalue weighted by atomic mass is 9.97. The van der Waals surface area contributed by atoms with E-state index in [1.807, 2.05) is 12.1 Å². The number of carbonyl (C=O) groups is 3. The summed E-state index contributed by atoms with van der Waals surface area (Å²) in [5, 5.41) is 7.66. The molecule has 156 valence electrons. The van der Waals surface area contributed by atoms with E-state index in [0.717, 1.165) is 19.3 Å². The van der Waals surface area contributed by atoms with E-state index in [9.17, 15) is 14.4 Å². The smallest absolute Gasteiger partial charge is 0.321 e. The van der Waals surface area contributed by atoms with Crippen molar-refractivity contribution >= 4 is 23.5 Å². The highest BCUT2D eigenvalue weighted by molar-refractivity contribution is 5.97. The van der Waals surface area contributed by atoms with E-state index in [-0.39, 0.29) is 19.0 Å². The van der Waals surface area contributed by atoms with Crippen molar-refractivity contribution in [3.8, 4) is 5.75 Å². The summed E-state index contributed by atoms with van der Waals surface area (Å²) in [5.41, 5.74) is 2.08. The van der Waals surface area contributed by atoms with Crippen LogP contribution in [0, 0.1) is 0 Å². The summed E-state index contributed by atoms with van der Waals surface area (Å²) in [6, 6.07) is 6.71. The normalized spacial score (nSPS) is 18.0. The maximum Gasteiger partial charge on any atom is 0.321 e. The summed E-state index contributed by atoms with van der Waals surface area (Å²) < 4.78 is 5.72. The molecule has 0 saturated carbocycles. The van der Waals surface area contributed by atoms with Gasteiger partial charge < -0.3 is 20.3 Å². The number of anilines is 1. The van der Waals surface area contributed by atoms with Gasteiger partial charge in [0.25, 0.3) is 5.91 Å². The highest BCUT2D eigenvalue weighted by Crippen LogP contribution is 2.32. The lowest BCUT2D eigenvalue weighted by molar-refractivity contribution is -0.127. The number of nitrogens with zero attached hydrogens (tertiary/aromatic N) is 1. The second-order valence-electron chi connectivity index (χ2n) is 7.23. The SMILES string of the molecule is CNC(=O)[C@@H]1CN(CC(=O)NC(=O)NCCC2=CCCCC2)c2ccccc2O1. The maximum atomic E-state index is 12.4. The van der Waals surface area contributed by atoms with Crippen LogP contribution in [0.25, 0.3) is 0 Å². The van der Waals surface area contributed by atoms with Gasteiger partial charge in [-0.05, 0) is 44.2 Å². The number of urea groups is 1. The van der Waals surface area contributed by atoms with E-state index in [2.05, 4.69) is 22.0 Å². The molecule has 29 heavy (non-hydrogen) atoms. The molecule has 1 atom stereocenters. The van der Waals surface area contributed by atoms with Crippen molar-refractivity contribution in [3.63, 3.8) is 0 Å². The van der Waals surface area contributed by atoms with Gasteiger partial charge >= 0.3 is 6.03 Å². The number of fused-ring (bicyclic) bond motifs is 1. The third-order valence-electron chi connectivity index (χ3n) is 5.10. The van der Waals surface area contributed by atoms with Crippen LogP contribution in [0.4, 0.5) is 10.5 Å². The number of hydrogen-bond acceptors (Lipinski definition) is 5. The number of amides is 4. The molecule has 4 amide bonds. The minimum absolute atomic E-state index is 0.0492. The van der Waals surface area contributed by atoms with Crippen molar-refractivity contribution in [2.24, 2.45) is 0 Å². The monoisotopic (exact) mass is 400 g/mol. The first-order valence-corrected chi connectivity index (χ1v) is 10.0. The predicted octanol–water partition coefficient (Wildman–Crippen LogP) is 1.72. The van der Waals surface area contributed by atoms with E-state index in [1.165, 1.54) is 25.5 Å². The number of rotatable bonds is 6. The van der Waals surface area contributed by atoms with Crippen LogP contribution in [0.15, 0.2) is 35.9 Å². The van der Waals surface area contributed by atoms with Gasteiger partial charge in [-0.25, -0.2) is 4.79 Å². The number of ether oxygens (including phenoxy) is 1. The Morgan fingerprint density at radius 3 is 2.79 bits per heavy atom.